The highest BCUT2D eigenvalue weighted by Crippen LogP contribution is 2.18. The fraction of sp³-hybridized carbons (Fsp3) is 0.267. The lowest BCUT2D eigenvalue weighted by Gasteiger charge is -2.10. The molecule has 9 heteroatoms. The zero-order valence-corrected chi connectivity index (χ0v) is 14.1. The summed E-state index contributed by atoms with van der Waals surface area (Å²) < 4.78 is 3.94. The van der Waals surface area contributed by atoms with E-state index >= 15 is 0 Å². The van der Waals surface area contributed by atoms with Crippen molar-refractivity contribution in [2.45, 2.75) is 26.8 Å². The zero-order chi connectivity index (χ0) is 17.3. The number of rotatable bonds is 5. The maximum Gasteiger partial charge on any atom is 0.389 e. The Balaban J connectivity index is 1.87. The van der Waals surface area contributed by atoms with Gasteiger partial charge in [-0.15, -0.1) is 0 Å². The van der Waals surface area contributed by atoms with E-state index in [1.807, 2.05) is 30.5 Å². The average molecular weight is 344 g/mol. The molecule has 3 rings (SSSR count). The van der Waals surface area contributed by atoms with Gasteiger partial charge in [-0.3, -0.25) is 9.67 Å². The molecule has 1 N–H and O–H groups in total. The van der Waals surface area contributed by atoms with Crippen molar-refractivity contribution in [3.05, 3.63) is 62.3 Å². The summed E-state index contributed by atoms with van der Waals surface area (Å²) in [6, 6.07) is 7.50. The SMILES string of the molecule is Cc1ccc(-n2c(CCn3ccc([N+](=O)[O-])n3)n[nH]c2=S)c(C)c1. The Kier molecular flexibility index (Phi) is 4.26. The van der Waals surface area contributed by atoms with Gasteiger partial charge in [0.05, 0.1) is 29.6 Å². The van der Waals surface area contributed by atoms with Gasteiger partial charge in [-0.1, -0.05) is 17.7 Å². The van der Waals surface area contributed by atoms with Gasteiger partial charge >= 0.3 is 5.82 Å². The maximum atomic E-state index is 10.7. The van der Waals surface area contributed by atoms with E-state index in [9.17, 15) is 10.1 Å². The van der Waals surface area contributed by atoms with Crippen LogP contribution in [0.1, 0.15) is 17.0 Å². The Morgan fingerprint density at radius 3 is 2.79 bits per heavy atom. The summed E-state index contributed by atoms with van der Waals surface area (Å²) in [5, 5.41) is 21.7. The monoisotopic (exact) mass is 344 g/mol. The van der Waals surface area contributed by atoms with Crippen LogP contribution in [0.15, 0.2) is 30.5 Å². The summed E-state index contributed by atoms with van der Waals surface area (Å²) in [6.07, 6.45) is 2.13. The van der Waals surface area contributed by atoms with Crippen LogP contribution in [0.5, 0.6) is 0 Å². The van der Waals surface area contributed by atoms with Crippen LogP contribution in [0.4, 0.5) is 5.82 Å². The summed E-state index contributed by atoms with van der Waals surface area (Å²) in [5.74, 6) is 0.591. The number of hydrogen-bond donors (Lipinski definition) is 1. The van der Waals surface area contributed by atoms with Crippen LogP contribution in [0.25, 0.3) is 5.69 Å². The highest BCUT2D eigenvalue weighted by atomic mass is 32.1. The van der Waals surface area contributed by atoms with Crippen LogP contribution in [-0.2, 0) is 13.0 Å². The van der Waals surface area contributed by atoms with Crippen molar-refractivity contribution >= 4 is 18.0 Å². The second kappa shape index (κ2) is 6.36. The van der Waals surface area contributed by atoms with Crippen molar-refractivity contribution in [3.8, 4) is 5.69 Å². The summed E-state index contributed by atoms with van der Waals surface area (Å²) in [5.41, 5.74) is 3.25. The van der Waals surface area contributed by atoms with Crippen molar-refractivity contribution < 1.29 is 4.92 Å². The molecule has 0 fully saturated rings. The number of nitro groups is 1. The summed E-state index contributed by atoms with van der Waals surface area (Å²) >= 11 is 5.35. The Morgan fingerprint density at radius 2 is 2.12 bits per heavy atom. The van der Waals surface area contributed by atoms with Crippen LogP contribution in [0.3, 0.4) is 0 Å². The number of aromatic nitrogens is 5. The van der Waals surface area contributed by atoms with Gasteiger partial charge in [0.2, 0.25) is 0 Å². The Bertz CT molecular complexity index is 955. The van der Waals surface area contributed by atoms with Gasteiger partial charge in [0.15, 0.2) is 4.77 Å². The molecule has 0 unspecified atom stereocenters. The van der Waals surface area contributed by atoms with Crippen LogP contribution >= 0.6 is 12.2 Å². The van der Waals surface area contributed by atoms with Crippen molar-refractivity contribution in [1.29, 1.82) is 0 Å². The number of aryl methyl sites for hydroxylation is 4. The molecule has 2 heterocycles. The van der Waals surface area contributed by atoms with Crippen molar-refractivity contribution in [1.82, 2.24) is 24.5 Å². The summed E-state index contributed by atoms with van der Waals surface area (Å²) in [6.45, 7) is 4.53. The molecular weight excluding hydrogens is 328 g/mol. The smallest absolute Gasteiger partial charge is 0.358 e. The highest BCUT2D eigenvalue weighted by molar-refractivity contribution is 7.71. The van der Waals surface area contributed by atoms with Gasteiger partial charge in [-0.05, 0) is 42.6 Å². The summed E-state index contributed by atoms with van der Waals surface area (Å²) in [4.78, 5) is 10.2. The molecular formula is C15H16N6O2S. The van der Waals surface area contributed by atoms with Crippen LogP contribution in [0, 0.1) is 28.7 Å². The number of nitrogens with zero attached hydrogens (tertiary/aromatic N) is 5. The van der Waals surface area contributed by atoms with Crippen molar-refractivity contribution in [2.24, 2.45) is 0 Å². The molecule has 0 saturated heterocycles. The van der Waals surface area contributed by atoms with Crippen LogP contribution in [-0.4, -0.2) is 29.5 Å². The third kappa shape index (κ3) is 3.11. The lowest BCUT2D eigenvalue weighted by atomic mass is 10.1. The first kappa shape index (κ1) is 16.1. The molecule has 0 radical (unpaired) electrons. The predicted molar refractivity (Wildman–Crippen MR) is 90.8 cm³/mol. The van der Waals surface area contributed by atoms with E-state index < -0.39 is 4.92 Å². The molecule has 124 valence electrons. The predicted octanol–water partition coefficient (Wildman–Crippen LogP) is 2.89. The molecule has 1 aromatic carbocycles. The second-order valence-corrected chi connectivity index (χ2v) is 5.90. The second-order valence-electron chi connectivity index (χ2n) is 5.51. The van der Waals surface area contributed by atoms with Gasteiger partial charge in [0.1, 0.15) is 5.82 Å². The fourth-order valence-electron chi connectivity index (χ4n) is 2.59. The first-order valence-electron chi connectivity index (χ1n) is 7.37. The molecule has 2 aromatic heterocycles. The van der Waals surface area contributed by atoms with Crippen molar-refractivity contribution in [3.63, 3.8) is 0 Å². The molecule has 0 atom stereocenters. The van der Waals surface area contributed by atoms with E-state index in [2.05, 4.69) is 21.4 Å². The first-order valence-corrected chi connectivity index (χ1v) is 7.78. The number of H-pyrrole nitrogens is 1. The number of nitrogens with one attached hydrogen (secondary N) is 1. The Hall–Kier alpha value is -2.81. The van der Waals surface area contributed by atoms with Gasteiger partial charge < -0.3 is 10.1 Å². The normalized spacial score (nSPS) is 10.9. The number of hydrogen-bond acceptors (Lipinski definition) is 5. The van der Waals surface area contributed by atoms with E-state index in [0.717, 1.165) is 17.1 Å². The third-order valence-corrected chi connectivity index (χ3v) is 3.99. The van der Waals surface area contributed by atoms with Crippen molar-refractivity contribution in [2.75, 3.05) is 0 Å². The van der Waals surface area contributed by atoms with E-state index in [1.165, 1.54) is 16.3 Å². The third-order valence-electron chi connectivity index (χ3n) is 3.71. The van der Waals surface area contributed by atoms with E-state index in [-0.39, 0.29) is 5.82 Å². The number of aromatic amines is 1. The Labute approximate surface area is 142 Å². The molecule has 3 aromatic rings. The largest absolute Gasteiger partial charge is 0.389 e. The van der Waals surface area contributed by atoms with E-state index in [0.29, 0.717) is 17.7 Å². The minimum atomic E-state index is -0.512. The van der Waals surface area contributed by atoms with Crippen LogP contribution < -0.4 is 0 Å². The molecule has 0 spiro atoms. The minimum absolute atomic E-state index is 0.164. The molecule has 0 saturated carbocycles. The summed E-state index contributed by atoms with van der Waals surface area (Å²) in [7, 11) is 0. The number of benzene rings is 1. The van der Waals surface area contributed by atoms with Gasteiger partial charge in [-0.2, -0.15) is 9.78 Å². The molecule has 8 nitrogen and oxygen atoms in total. The zero-order valence-electron chi connectivity index (χ0n) is 13.3. The molecule has 0 aliphatic rings. The lowest BCUT2D eigenvalue weighted by Crippen LogP contribution is -2.09. The Morgan fingerprint density at radius 1 is 1.33 bits per heavy atom. The molecule has 0 amide bonds. The quantitative estimate of drug-likeness (QED) is 0.436. The minimum Gasteiger partial charge on any atom is -0.358 e. The average Bonchev–Trinajstić information content (AvgIpc) is 3.13. The molecule has 0 bridgehead atoms. The van der Waals surface area contributed by atoms with E-state index in [4.69, 9.17) is 12.2 Å². The van der Waals surface area contributed by atoms with Gasteiger partial charge in [-0.25, -0.2) is 0 Å². The molecule has 24 heavy (non-hydrogen) atoms. The first-order chi connectivity index (χ1) is 11.5. The standard InChI is InChI=1S/C15H16N6O2S/c1-10-3-4-12(11(2)9-10)20-13(16-17-15(20)24)5-7-19-8-6-14(18-19)21(22)23/h3-4,6,8-9H,5,7H2,1-2H3,(H,17,24). The van der Waals surface area contributed by atoms with Gasteiger partial charge in [0.25, 0.3) is 0 Å². The lowest BCUT2D eigenvalue weighted by molar-refractivity contribution is -0.389. The molecule has 0 aliphatic heterocycles. The highest BCUT2D eigenvalue weighted by Gasteiger charge is 2.14. The maximum absolute atomic E-state index is 10.7. The van der Waals surface area contributed by atoms with Gasteiger partial charge in [0, 0.05) is 6.42 Å². The fourth-order valence-corrected chi connectivity index (χ4v) is 2.84. The topological polar surface area (TPSA) is 94.6 Å². The van der Waals surface area contributed by atoms with Crippen LogP contribution in [0.2, 0.25) is 0 Å². The molecule has 0 aliphatic carbocycles. The van der Waals surface area contributed by atoms with E-state index in [1.54, 1.807) is 6.20 Å².